The second-order valence-electron chi connectivity index (χ2n) is 6.77. The van der Waals surface area contributed by atoms with E-state index >= 15 is 0 Å². The molecule has 0 unspecified atom stereocenters. The van der Waals surface area contributed by atoms with Gasteiger partial charge in [-0.15, -0.1) is 11.3 Å². The van der Waals surface area contributed by atoms with E-state index in [0.29, 0.717) is 24.5 Å². The Bertz CT molecular complexity index is 1110. The summed E-state index contributed by atoms with van der Waals surface area (Å²) in [4.78, 5) is 20.4. The van der Waals surface area contributed by atoms with Gasteiger partial charge < -0.3 is 14.0 Å². The first-order valence-corrected chi connectivity index (χ1v) is 9.82. The van der Waals surface area contributed by atoms with E-state index in [2.05, 4.69) is 20.8 Å². The molecular weight excluding hydrogens is 360 g/mol. The zero-order chi connectivity index (χ0) is 18.4. The SMILES string of the molecule is Cc1nc2ccccc2n1[C@@H]1CCN(C(=O)c2cc(-c3cccs3)on2)C1. The number of aryl methyl sites for hydroxylation is 1. The molecule has 1 aliphatic rings. The quantitative estimate of drug-likeness (QED) is 0.537. The maximum atomic E-state index is 12.9. The standard InChI is InChI=1S/C20H18N4O2S/c1-13-21-15-5-2-3-6-17(15)24(13)14-8-9-23(12-14)20(25)16-11-18(26-22-16)19-7-4-10-27-19/h2-7,10-11,14H,8-9,12H2,1H3/t14-/m1/s1. The Hall–Kier alpha value is -2.93. The Morgan fingerprint density at radius 2 is 2.15 bits per heavy atom. The lowest BCUT2D eigenvalue weighted by Gasteiger charge is -2.17. The van der Waals surface area contributed by atoms with Crippen LogP contribution in [0.4, 0.5) is 0 Å². The number of hydrogen-bond donors (Lipinski definition) is 0. The number of likely N-dealkylation sites (tertiary alicyclic amines) is 1. The molecule has 1 amide bonds. The Labute approximate surface area is 160 Å². The lowest BCUT2D eigenvalue weighted by Crippen LogP contribution is -2.29. The van der Waals surface area contributed by atoms with E-state index in [0.717, 1.165) is 28.2 Å². The number of benzene rings is 1. The second-order valence-corrected chi connectivity index (χ2v) is 7.71. The Morgan fingerprint density at radius 3 is 3.00 bits per heavy atom. The number of rotatable bonds is 3. The Morgan fingerprint density at radius 1 is 1.26 bits per heavy atom. The fraction of sp³-hybridized carbons (Fsp3) is 0.250. The number of nitrogens with zero attached hydrogens (tertiary/aromatic N) is 4. The van der Waals surface area contributed by atoms with Crippen molar-refractivity contribution in [3.8, 4) is 10.6 Å². The average molecular weight is 378 g/mol. The lowest BCUT2D eigenvalue weighted by molar-refractivity contribution is 0.0777. The highest BCUT2D eigenvalue weighted by atomic mass is 32.1. The first-order valence-electron chi connectivity index (χ1n) is 8.94. The molecule has 0 spiro atoms. The number of hydrogen-bond acceptors (Lipinski definition) is 5. The molecule has 1 aromatic carbocycles. The summed E-state index contributed by atoms with van der Waals surface area (Å²) in [5, 5.41) is 5.97. The maximum Gasteiger partial charge on any atom is 0.276 e. The van der Waals surface area contributed by atoms with Gasteiger partial charge in [0, 0.05) is 19.2 Å². The van der Waals surface area contributed by atoms with Crippen LogP contribution in [0.3, 0.4) is 0 Å². The number of amides is 1. The van der Waals surface area contributed by atoms with E-state index in [1.54, 1.807) is 17.4 Å². The van der Waals surface area contributed by atoms with Crippen LogP contribution in [0.5, 0.6) is 0 Å². The van der Waals surface area contributed by atoms with Gasteiger partial charge in [-0.1, -0.05) is 23.4 Å². The molecule has 0 bridgehead atoms. The minimum atomic E-state index is -0.0777. The molecule has 0 N–H and O–H groups in total. The van der Waals surface area contributed by atoms with E-state index in [1.165, 1.54) is 0 Å². The smallest absolute Gasteiger partial charge is 0.276 e. The van der Waals surface area contributed by atoms with Crippen LogP contribution < -0.4 is 0 Å². The summed E-state index contributed by atoms with van der Waals surface area (Å²) in [6.45, 7) is 3.38. The van der Waals surface area contributed by atoms with Crippen LogP contribution in [0.15, 0.2) is 52.4 Å². The molecule has 1 saturated heterocycles. The molecule has 1 fully saturated rings. The molecule has 1 aliphatic heterocycles. The van der Waals surface area contributed by atoms with E-state index in [9.17, 15) is 4.79 Å². The van der Waals surface area contributed by atoms with Crippen LogP contribution in [0.2, 0.25) is 0 Å². The summed E-state index contributed by atoms with van der Waals surface area (Å²) < 4.78 is 7.62. The number of para-hydroxylation sites is 2. The molecule has 6 nitrogen and oxygen atoms in total. The third kappa shape index (κ3) is 2.75. The summed E-state index contributed by atoms with van der Waals surface area (Å²) in [6.07, 6.45) is 0.905. The van der Waals surface area contributed by atoms with Crippen LogP contribution in [0.25, 0.3) is 21.7 Å². The molecule has 0 saturated carbocycles. The van der Waals surface area contributed by atoms with Crippen LogP contribution in [0.1, 0.15) is 28.8 Å². The molecule has 3 aromatic heterocycles. The van der Waals surface area contributed by atoms with Crippen molar-refractivity contribution in [1.29, 1.82) is 0 Å². The monoisotopic (exact) mass is 378 g/mol. The van der Waals surface area contributed by atoms with Crippen molar-refractivity contribution in [2.45, 2.75) is 19.4 Å². The number of carbonyl (C=O) groups excluding carboxylic acids is 1. The second kappa shape index (κ2) is 6.35. The van der Waals surface area contributed by atoms with Gasteiger partial charge in [-0.2, -0.15) is 0 Å². The van der Waals surface area contributed by atoms with E-state index in [4.69, 9.17) is 4.52 Å². The molecule has 136 valence electrons. The van der Waals surface area contributed by atoms with Gasteiger partial charge in [-0.3, -0.25) is 4.79 Å². The zero-order valence-electron chi connectivity index (χ0n) is 14.8. The fourth-order valence-corrected chi connectivity index (χ4v) is 4.51. The number of thiophene rings is 1. The number of fused-ring (bicyclic) bond motifs is 1. The van der Waals surface area contributed by atoms with Gasteiger partial charge >= 0.3 is 0 Å². The van der Waals surface area contributed by atoms with Crippen molar-refractivity contribution >= 4 is 28.3 Å². The molecular formula is C20H18N4O2S. The number of carbonyl (C=O) groups is 1. The highest BCUT2D eigenvalue weighted by Gasteiger charge is 2.31. The van der Waals surface area contributed by atoms with Crippen molar-refractivity contribution in [3.05, 3.63) is 59.4 Å². The molecule has 4 aromatic rings. The lowest BCUT2D eigenvalue weighted by atomic mass is 10.2. The van der Waals surface area contributed by atoms with Crippen LogP contribution in [0, 0.1) is 6.92 Å². The van der Waals surface area contributed by atoms with Gasteiger partial charge in [0.1, 0.15) is 5.82 Å². The summed E-state index contributed by atoms with van der Waals surface area (Å²) >= 11 is 1.57. The van der Waals surface area contributed by atoms with Gasteiger partial charge in [0.15, 0.2) is 11.5 Å². The van der Waals surface area contributed by atoms with Gasteiger partial charge in [0.2, 0.25) is 0 Å². The van der Waals surface area contributed by atoms with Gasteiger partial charge in [0.25, 0.3) is 5.91 Å². The zero-order valence-corrected chi connectivity index (χ0v) is 15.6. The summed E-state index contributed by atoms with van der Waals surface area (Å²) in [7, 11) is 0. The molecule has 1 atom stereocenters. The highest BCUT2D eigenvalue weighted by Crippen LogP contribution is 2.30. The molecule has 4 heterocycles. The number of aromatic nitrogens is 3. The minimum absolute atomic E-state index is 0.0777. The Kier molecular flexibility index (Phi) is 3.82. The number of imidazole rings is 1. The molecule has 7 heteroatoms. The first kappa shape index (κ1) is 16.3. The van der Waals surface area contributed by atoms with E-state index < -0.39 is 0 Å². The summed E-state index contributed by atoms with van der Waals surface area (Å²) in [5.41, 5.74) is 2.49. The van der Waals surface area contributed by atoms with E-state index in [-0.39, 0.29) is 11.9 Å². The third-order valence-electron chi connectivity index (χ3n) is 5.08. The Balaban J connectivity index is 1.37. The highest BCUT2D eigenvalue weighted by molar-refractivity contribution is 7.13. The minimum Gasteiger partial charge on any atom is -0.355 e. The fourth-order valence-electron chi connectivity index (χ4n) is 3.84. The largest absolute Gasteiger partial charge is 0.355 e. The molecule has 27 heavy (non-hydrogen) atoms. The van der Waals surface area contributed by atoms with Gasteiger partial charge in [-0.05, 0) is 36.9 Å². The predicted octanol–water partition coefficient (Wildman–Crippen LogP) is 4.15. The van der Waals surface area contributed by atoms with Crippen molar-refractivity contribution in [1.82, 2.24) is 19.6 Å². The van der Waals surface area contributed by atoms with Crippen LogP contribution in [-0.2, 0) is 0 Å². The average Bonchev–Trinajstić information content (AvgIpc) is 3.45. The van der Waals surface area contributed by atoms with Crippen molar-refractivity contribution in [2.24, 2.45) is 0 Å². The predicted molar refractivity (Wildman–Crippen MR) is 104 cm³/mol. The molecule has 0 radical (unpaired) electrons. The van der Waals surface area contributed by atoms with Crippen LogP contribution in [-0.4, -0.2) is 38.6 Å². The summed E-state index contributed by atoms with van der Waals surface area (Å²) in [5.74, 6) is 1.54. The van der Waals surface area contributed by atoms with Crippen molar-refractivity contribution < 1.29 is 9.32 Å². The third-order valence-corrected chi connectivity index (χ3v) is 5.97. The van der Waals surface area contributed by atoms with Crippen LogP contribution >= 0.6 is 11.3 Å². The van der Waals surface area contributed by atoms with Gasteiger partial charge in [-0.25, -0.2) is 4.98 Å². The maximum absolute atomic E-state index is 12.9. The topological polar surface area (TPSA) is 64.2 Å². The normalized spacial score (nSPS) is 17.1. The van der Waals surface area contributed by atoms with Crippen molar-refractivity contribution in [2.75, 3.05) is 13.1 Å². The van der Waals surface area contributed by atoms with Gasteiger partial charge in [0.05, 0.1) is 22.0 Å². The van der Waals surface area contributed by atoms with Crippen molar-refractivity contribution in [3.63, 3.8) is 0 Å². The molecule has 5 rings (SSSR count). The first-order chi connectivity index (χ1) is 13.2. The summed E-state index contributed by atoms with van der Waals surface area (Å²) in [6, 6.07) is 14.0. The molecule has 0 aliphatic carbocycles. The van der Waals surface area contributed by atoms with E-state index in [1.807, 2.05) is 47.5 Å².